The highest BCUT2D eigenvalue weighted by atomic mass is 35.5. The zero-order chi connectivity index (χ0) is 10.1. The maximum absolute atomic E-state index is 10.6. The second kappa shape index (κ2) is 3.35. The van der Waals surface area contributed by atoms with E-state index >= 15 is 0 Å². The van der Waals surface area contributed by atoms with Crippen LogP contribution in [0.25, 0.3) is 10.9 Å². The van der Waals surface area contributed by atoms with Gasteiger partial charge in [-0.05, 0) is 19.1 Å². The van der Waals surface area contributed by atoms with Gasteiger partial charge in [-0.2, -0.15) is 0 Å². The molecule has 0 aliphatic heterocycles. The van der Waals surface area contributed by atoms with Gasteiger partial charge in [0.2, 0.25) is 0 Å². The van der Waals surface area contributed by atoms with Crippen molar-refractivity contribution < 1.29 is 9.53 Å². The lowest BCUT2D eigenvalue weighted by Crippen LogP contribution is -1.96. The minimum Gasteiger partial charge on any atom is -0.412 e. The molecule has 2 aromatic rings. The summed E-state index contributed by atoms with van der Waals surface area (Å²) in [4.78, 5) is 13.7. The number of carbonyl (C=O) groups excluding carboxylic acids is 1. The van der Waals surface area contributed by atoms with Crippen LogP contribution in [0.2, 0.25) is 0 Å². The van der Waals surface area contributed by atoms with Crippen LogP contribution in [0.15, 0.2) is 24.3 Å². The Labute approximate surface area is 85.6 Å². The van der Waals surface area contributed by atoms with Crippen LogP contribution in [-0.4, -0.2) is 10.4 Å². The summed E-state index contributed by atoms with van der Waals surface area (Å²) in [5, 5.41) is 0.860. The molecule has 1 aromatic heterocycles. The van der Waals surface area contributed by atoms with Gasteiger partial charge in [0.15, 0.2) is 5.75 Å². The summed E-state index contributed by atoms with van der Waals surface area (Å²) in [5.41, 5.74) is 0.899. The van der Waals surface area contributed by atoms with E-state index in [4.69, 9.17) is 16.3 Å². The molecule has 3 nitrogen and oxygen atoms in total. The van der Waals surface area contributed by atoms with Crippen molar-refractivity contribution in [3.05, 3.63) is 30.0 Å². The molecule has 0 unspecified atom stereocenters. The molecule has 1 heterocycles. The molecule has 0 saturated heterocycles. The summed E-state index contributed by atoms with van der Waals surface area (Å²) >= 11 is 5.17. The summed E-state index contributed by atoms with van der Waals surface area (Å²) in [6.45, 7) is 1.83. The summed E-state index contributed by atoms with van der Waals surface area (Å²) in [5.74, 6) is 0.501. The van der Waals surface area contributed by atoms with Gasteiger partial charge >= 0.3 is 5.43 Å². The molecule has 1 aromatic carbocycles. The fourth-order valence-electron chi connectivity index (χ4n) is 1.46. The minimum absolute atomic E-state index is 0.501. The number of aromatic amines is 1. The third-order valence-corrected chi connectivity index (χ3v) is 2.09. The molecular weight excluding hydrogens is 202 g/mol. The van der Waals surface area contributed by atoms with Crippen LogP contribution >= 0.6 is 11.6 Å². The van der Waals surface area contributed by atoms with Crippen molar-refractivity contribution in [2.75, 3.05) is 0 Å². The Hall–Kier alpha value is -1.48. The second-order valence-corrected chi connectivity index (χ2v) is 3.27. The van der Waals surface area contributed by atoms with Gasteiger partial charge in [0.05, 0.1) is 5.69 Å². The number of rotatable bonds is 1. The predicted molar refractivity (Wildman–Crippen MR) is 54.9 cm³/mol. The van der Waals surface area contributed by atoms with Gasteiger partial charge in [-0.3, -0.25) is 0 Å². The fraction of sp³-hybridized carbons (Fsp3) is 0.100. The number of aromatic nitrogens is 1. The van der Waals surface area contributed by atoms with Gasteiger partial charge in [-0.1, -0.05) is 12.1 Å². The van der Waals surface area contributed by atoms with Crippen molar-refractivity contribution in [1.29, 1.82) is 0 Å². The highest BCUT2D eigenvalue weighted by molar-refractivity contribution is 6.61. The number of fused-ring (bicyclic) bond motifs is 1. The minimum atomic E-state index is -0.821. The van der Waals surface area contributed by atoms with E-state index in [2.05, 4.69) is 4.98 Å². The first-order valence-corrected chi connectivity index (χ1v) is 4.51. The highest BCUT2D eigenvalue weighted by Crippen LogP contribution is 2.29. The predicted octanol–water partition coefficient (Wildman–Crippen LogP) is 3.21. The van der Waals surface area contributed by atoms with Crippen molar-refractivity contribution in [2.45, 2.75) is 6.92 Å². The quantitative estimate of drug-likeness (QED) is 0.733. The van der Waals surface area contributed by atoms with Crippen LogP contribution in [0, 0.1) is 6.92 Å². The molecule has 4 heteroatoms. The third-order valence-electron chi connectivity index (χ3n) is 2.02. The van der Waals surface area contributed by atoms with E-state index in [0.29, 0.717) is 5.75 Å². The average molecular weight is 210 g/mol. The lowest BCUT2D eigenvalue weighted by molar-refractivity contribution is 0.226. The number of hydrogen-bond acceptors (Lipinski definition) is 2. The summed E-state index contributed by atoms with van der Waals surface area (Å²) in [6.07, 6.45) is 0. The Morgan fingerprint density at radius 1 is 1.43 bits per heavy atom. The van der Waals surface area contributed by atoms with Crippen LogP contribution in [-0.2, 0) is 0 Å². The number of nitrogens with one attached hydrogen (secondary N) is 1. The van der Waals surface area contributed by atoms with Crippen LogP contribution in [0.3, 0.4) is 0 Å². The van der Waals surface area contributed by atoms with Crippen LogP contribution in [0.1, 0.15) is 5.69 Å². The van der Waals surface area contributed by atoms with Crippen molar-refractivity contribution in [3.8, 4) is 5.75 Å². The number of para-hydroxylation sites is 1. The average Bonchev–Trinajstić information content (AvgIpc) is 2.43. The molecule has 0 atom stereocenters. The van der Waals surface area contributed by atoms with Gasteiger partial charge in [-0.15, -0.1) is 0 Å². The second-order valence-electron chi connectivity index (χ2n) is 2.96. The first-order chi connectivity index (χ1) is 6.68. The van der Waals surface area contributed by atoms with Gasteiger partial charge in [0, 0.05) is 22.5 Å². The Morgan fingerprint density at radius 3 is 2.86 bits per heavy atom. The normalized spacial score (nSPS) is 10.4. The smallest absolute Gasteiger partial charge is 0.409 e. The monoisotopic (exact) mass is 209 g/mol. The fourth-order valence-corrected chi connectivity index (χ4v) is 1.54. The van der Waals surface area contributed by atoms with Crippen molar-refractivity contribution >= 4 is 27.9 Å². The molecule has 2 rings (SSSR count). The molecule has 0 radical (unpaired) electrons. The van der Waals surface area contributed by atoms with E-state index in [-0.39, 0.29) is 0 Å². The van der Waals surface area contributed by atoms with E-state index in [9.17, 15) is 4.79 Å². The van der Waals surface area contributed by atoms with Crippen LogP contribution in [0.5, 0.6) is 5.75 Å². The molecule has 0 aliphatic carbocycles. The van der Waals surface area contributed by atoms with Gasteiger partial charge in [-0.25, -0.2) is 4.79 Å². The maximum atomic E-state index is 10.6. The number of ether oxygens (including phenoxy) is 1. The number of aryl methyl sites for hydroxylation is 1. The van der Waals surface area contributed by atoms with E-state index in [1.54, 1.807) is 0 Å². The zero-order valence-corrected chi connectivity index (χ0v) is 8.26. The molecule has 0 spiro atoms. The van der Waals surface area contributed by atoms with E-state index in [1.807, 2.05) is 31.2 Å². The van der Waals surface area contributed by atoms with Crippen LogP contribution < -0.4 is 4.74 Å². The number of carbonyl (C=O) groups is 1. The summed E-state index contributed by atoms with van der Waals surface area (Å²) < 4.78 is 4.89. The number of H-pyrrole nitrogens is 1. The Morgan fingerprint density at radius 2 is 2.14 bits per heavy atom. The molecular formula is C10H8ClNO2. The Balaban J connectivity index is 2.62. The van der Waals surface area contributed by atoms with E-state index in [0.717, 1.165) is 16.6 Å². The number of benzene rings is 1. The molecule has 0 aliphatic rings. The standard InChI is InChI=1S/C10H8ClNO2/c1-6-9(14-10(11)13)7-4-2-3-5-8(7)12-6/h2-5,12H,1H3. The molecule has 0 amide bonds. The van der Waals surface area contributed by atoms with Gasteiger partial charge < -0.3 is 9.72 Å². The van der Waals surface area contributed by atoms with Crippen LogP contribution in [0.4, 0.5) is 4.79 Å². The lowest BCUT2D eigenvalue weighted by atomic mass is 10.2. The SMILES string of the molecule is Cc1[nH]c2ccccc2c1OC(=O)Cl. The zero-order valence-electron chi connectivity index (χ0n) is 7.50. The summed E-state index contributed by atoms with van der Waals surface area (Å²) in [7, 11) is 0. The number of halogens is 1. The van der Waals surface area contributed by atoms with E-state index in [1.165, 1.54) is 0 Å². The molecule has 0 bridgehead atoms. The Bertz CT molecular complexity index is 490. The van der Waals surface area contributed by atoms with Crippen molar-refractivity contribution in [1.82, 2.24) is 4.98 Å². The van der Waals surface area contributed by atoms with Crippen molar-refractivity contribution in [2.24, 2.45) is 0 Å². The summed E-state index contributed by atoms with van der Waals surface area (Å²) in [6, 6.07) is 7.56. The van der Waals surface area contributed by atoms with Gasteiger partial charge in [0.1, 0.15) is 0 Å². The highest BCUT2D eigenvalue weighted by Gasteiger charge is 2.11. The molecule has 0 fully saturated rings. The third kappa shape index (κ3) is 1.46. The van der Waals surface area contributed by atoms with E-state index < -0.39 is 5.43 Å². The number of hydrogen-bond donors (Lipinski definition) is 1. The first kappa shape index (κ1) is 9.09. The topological polar surface area (TPSA) is 42.1 Å². The van der Waals surface area contributed by atoms with Gasteiger partial charge in [0.25, 0.3) is 0 Å². The molecule has 1 N–H and O–H groups in total. The first-order valence-electron chi connectivity index (χ1n) is 4.13. The maximum Gasteiger partial charge on any atom is 0.409 e. The largest absolute Gasteiger partial charge is 0.412 e. The van der Waals surface area contributed by atoms with Crippen molar-refractivity contribution in [3.63, 3.8) is 0 Å². The lowest BCUT2D eigenvalue weighted by Gasteiger charge is -1.98. The Kier molecular flexibility index (Phi) is 2.17. The molecule has 72 valence electrons. The molecule has 0 saturated carbocycles. The molecule has 14 heavy (non-hydrogen) atoms.